The van der Waals surface area contributed by atoms with Crippen LogP contribution in [-0.4, -0.2) is 11.8 Å². The van der Waals surface area contributed by atoms with Gasteiger partial charge in [-0.25, -0.2) is 0 Å². The monoisotopic (exact) mass is 299 g/mol. The number of carbonyl (C=O) groups excluding carboxylic acids is 1. The zero-order chi connectivity index (χ0) is 16.2. The molecule has 2 heteroatoms. The predicted octanol–water partition coefficient (Wildman–Crippen LogP) is 4.36. The van der Waals surface area contributed by atoms with E-state index in [0.717, 1.165) is 13.0 Å². The third-order valence-corrected chi connectivity index (χ3v) is 4.80. The van der Waals surface area contributed by atoms with Gasteiger partial charge in [-0.3, -0.25) is 4.79 Å². The maximum absolute atomic E-state index is 12.8. The van der Waals surface area contributed by atoms with E-state index in [1.165, 1.54) is 5.56 Å². The lowest BCUT2D eigenvalue weighted by Gasteiger charge is -2.39. The highest BCUT2D eigenvalue weighted by Gasteiger charge is 2.39. The standard InChI is InChI=1S/C20H29NO/c1-15-9-8-12-20(3,4)19(15)18(22)13-16(2)21-14-17-10-6-5-7-11-17/h5-11,15-16,19,21H,12-14H2,1-4H3/t15-,16-,19+/m0/s1. The molecule has 0 saturated carbocycles. The molecule has 0 fully saturated rings. The number of hydrogen-bond donors (Lipinski definition) is 1. The van der Waals surface area contributed by atoms with Gasteiger partial charge in [0.05, 0.1) is 0 Å². The molecule has 1 aliphatic rings. The van der Waals surface area contributed by atoms with Crippen molar-refractivity contribution in [3.63, 3.8) is 0 Å². The van der Waals surface area contributed by atoms with Gasteiger partial charge in [0.25, 0.3) is 0 Å². The molecule has 0 radical (unpaired) electrons. The fourth-order valence-corrected chi connectivity index (χ4v) is 3.65. The number of carbonyl (C=O) groups is 1. The molecular weight excluding hydrogens is 270 g/mol. The summed E-state index contributed by atoms with van der Waals surface area (Å²) in [4.78, 5) is 12.8. The van der Waals surface area contributed by atoms with Crippen LogP contribution in [0, 0.1) is 17.3 Å². The Hall–Kier alpha value is -1.41. The Morgan fingerprint density at radius 3 is 2.64 bits per heavy atom. The summed E-state index contributed by atoms with van der Waals surface area (Å²) in [7, 11) is 0. The van der Waals surface area contributed by atoms with E-state index in [1.54, 1.807) is 0 Å². The molecule has 0 aliphatic heterocycles. The third kappa shape index (κ3) is 4.30. The van der Waals surface area contributed by atoms with Gasteiger partial charge >= 0.3 is 0 Å². The Balaban J connectivity index is 1.89. The van der Waals surface area contributed by atoms with Gasteiger partial charge in [-0.2, -0.15) is 0 Å². The number of allylic oxidation sites excluding steroid dienone is 2. The van der Waals surface area contributed by atoms with Crippen LogP contribution in [0.3, 0.4) is 0 Å². The van der Waals surface area contributed by atoms with E-state index >= 15 is 0 Å². The largest absolute Gasteiger partial charge is 0.310 e. The Bertz CT molecular complexity index is 518. The molecule has 0 spiro atoms. The van der Waals surface area contributed by atoms with Crippen LogP contribution in [0.4, 0.5) is 0 Å². The van der Waals surface area contributed by atoms with Gasteiger partial charge in [-0.15, -0.1) is 0 Å². The fourth-order valence-electron chi connectivity index (χ4n) is 3.65. The van der Waals surface area contributed by atoms with E-state index in [2.05, 4.69) is 57.3 Å². The van der Waals surface area contributed by atoms with Crippen LogP contribution in [0.25, 0.3) is 0 Å². The molecule has 120 valence electrons. The molecule has 0 saturated heterocycles. The second-order valence-electron chi connectivity index (χ2n) is 7.40. The van der Waals surface area contributed by atoms with Crippen LogP contribution in [0.1, 0.15) is 46.1 Å². The summed E-state index contributed by atoms with van der Waals surface area (Å²) in [6.45, 7) is 9.53. The van der Waals surface area contributed by atoms with Crippen LogP contribution < -0.4 is 5.32 Å². The molecule has 1 aromatic rings. The average molecular weight is 299 g/mol. The molecule has 3 atom stereocenters. The average Bonchev–Trinajstić information content (AvgIpc) is 2.45. The summed E-state index contributed by atoms with van der Waals surface area (Å²) in [6, 6.07) is 10.5. The Labute approximate surface area is 135 Å². The maximum atomic E-state index is 12.8. The predicted molar refractivity (Wildman–Crippen MR) is 92.6 cm³/mol. The summed E-state index contributed by atoms with van der Waals surface area (Å²) in [5.74, 6) is 0.881. The number of nitrogens with one attached hydrogen (secondary N) is 1. The summed E-state index contributed by atoms with van der Waals surface area (Å²) in [6.07, 6.45) is 6.04. The number of ketones is 1. The summed E-state index contributed by atoms with van der Waals surface area (Å²) in [5, 5.41) is 3.47. The van der Waals surface area contributed by atoms with E-state index in [-0.39, 0.29) is 17.4 Å². The van der Waals surface area contributed by atoms with Crippen LogP contribution in [0.5, 0.6) is 0 Å². The Kier molecular flexibility index (Phi) is 5.57. The zero-order valence-corrected chi connectivity index (χ0v) is 14.3. The van der Waals surface area contributed by atoms with Crippen molar-refractivity contribution in [2.45, 2.75) is 53.1 Å². The molecule has 0 amide bonds. The minimum atomic E-state index is 0.0738. The first-order chi connectivity index (χ1) is 10.4. The van der Waals surface area contributed by atoms with E-state index in [0.29, 0.717) is 18.1 Å². The van der Waals surface area contributed by atoms with E-state index < -0.39 is 0 Å². The minimum Gasteiger partial charge on any atom is -0.310 e. The maximum Gasteiger partial charge on any atom is 0.138 e. The summed E-state index contributed by atoms with van der Waals surface area (Å²) >= 11 is 0. The molecule has 22 heavy (non-hydrogen) atoms. The van der Waals surface area contributed by atoms with Gasteiger partial charge in [0.1, 0.15) is 5.78 Å². The van der Waals surface area contributed by atoms with Gasteiger partial charge in [0.2, 0.25) is 0 Å². The normalized spacial score (nSPS) is 24.9. The van der Waals surface area contributed by atoms with Crippen molar-refractivity contribution in [1.29, 1.82) is 0 Å². The number of rotatable bonds is 6. The van der Waals surface area contributed by atoms with E-state index in [1.807, 2.05) is 18.2 Å². The molecule has 0 unspecified atom stereocenters. The fraction of sp³-hybridized carbons (Fsp3) is 0.550. The first-order valence-corrected chi connectivity index (χ1v) is 8.37. The lowest BCUT2D eigenvalue weighted by atomic mass is 9.65. The van der Waals surface area contributed by atoms with Crippen LogP contribution in [0.15, 0.2) is 42.5 Å². The molecule has 1 aliphatic carbocycles. The molecule has 2 nitrogen and oxygen atoms in total. The third-order valence-electron chi connectivity index (χ3n) is 4.80. The molecule has 0 bridgehead atoms. The van der Waals surface area contributed by atoms with Gasteiger partial charge in [0.15, 0.2) is 0 Å². The van der Waals surface area contributed by atoms with Gasteiger partial charge < -0.3 is 5.32 Å². The molecule has 1 aromatic carbocycles. The molecular formula is C20H29NO. The smallest absolute Gasteiger partial charge is 0.138 e. The van der Waals surface area contributed by atoms with Gasteiger partial charge in [0, 0.05) is 24.9 Å². The first kappa shape index (κ1) is 17.0. The van der Waals surface area contributed by atoms with Crippen molar-refractivity contribution in [2.75, 3.05) is 0 Å². The number of benzene rings is 1. The summed E-state index contributed by atoms with van der Waals surface area (Å²) < 4.78 is 0. The van der Waals surface area contributed by atoms with Crippen LogP contribution in [-0.2, 0) is 11.3 Å². The van der Waals surface area contributed by atoms with Crippen molar-refractivity contribution in [2.24, 2.45) is 17.3 Å². The highest BCUT2D eigenvalue weighted by atomic mass is 16.1. The zero-order valence-electron chi connectivity index (χ0n) is 14.3. The summed E-state index contributed by atoms with van der Waals surface area (Å²) in [5.41, 5.74) is 1.33. The first-order valence-electron chi connectivity index (χ1n) is 8.37. The van der Waals surface area contributed by atoms with Crippen LogP contribution >= 0.6 is 0 Å². The SMILES string of the molecule is C[C@@H](CC(=O)[C@H]1[C@@H](C)C=CCC1(C)C)NCc1ccccc1. The lowest BCUT2D eigenvalue weighted by molar-refractivity contribution is -0.128. The highest BCUT2D eigenvalue weighted by Crippen LogP contribution is 2.41. The molecule has 2 rings (SSSR count). The van der Waals surface area contributed by atoms with Crippen molar-refractivity contribution in [3.05, 3.63) is 48.0 Å². The van der Waals surface area contributed by atoms with Crippen molar-refractivity contribution >= 4 is 5.78 Å². The van der Waals surface area contributed by atoms with Gasteiger partial charge in [-0.1, -0.05) is 63.3 Å². The molecule has 0 heterocycles. The van der Waals surface area contributed by atoms with E-state index in [9.17, 15) is 4.79 Å². The van der Waals surface area contributed by atoms with Gasteiger partial charge in [-0.05, 0) is 30.2 Å². The Morgan fingerprint density at radius 1 is 1.32 bits per heavy atom. The topological polar surface area (TPSA) is 29.1 Å². The molecule has 0 aromatic heterocycles. The highest BCUT2D eigenvalue weighted by molar-refractivity contribution is 5.83. The van der Waals surface area contributed by atoms with E-state index in [4.69, 9.17) is 0 Å². The lowest BCUT2D eigenvalue weighted by Crippen LogP contribution is -2.40. The van der Waals surface area contributed by atoms with Crippen molar-refractivity contribution < 1.29 is 4.79 Å². The van der Waals surface area contributed by atoms with Crippen molar-refractivity contribution in [1.82, 2.24) is 5.32 Å². The number of Topliss-reactive ketones (excluding diaryl/α,β-unsaturated/α-hetero) is 1. The quantitative estimate of drug-likeness (QED) is 0.791. The second-order valence-corrected chi connectivity index (χ2v) is 7.40. The van der Waals surface area contributed by atoms with Crippen LogP contribution in [0.2, 0.25) is 0 Å². The second kappa shape index (κ2) is 7.23. The van der Waals surface area contributed by atoms with Crippen molar-refractivity contribution in [3.8, 4) is 0 Å². The Morgan fingerprint density at radius 2 is 2.00 bits per heavy atom. The molecule has 1 N–H and O–H groups in total. The number of hydrogen-bond acceptors (Lipinski definition) is 2. The minimum absolute atomic E-state index is 0.0738.